The first kappa shape index (κ1) is 24.1. The van der Waals surface area contributed by atoms with Gasteiger partial charge < -0.3 is 25.0 Å². The molecular formula is C20H23N3O6S2. The molecule has 0 unspecified atom stereocenters. The summed E-state index contributed by atoms with van der Waals surface area (Å²) in [6.07, 6.45) is 0.883. The number of nitrogens with zero attached hydrogens (tertiary/aromatic N) is 2. The second-order valence-corrected chi connectivity index (χ2v) is 8.22. The quantitative estimate of drug-likeness (QED) is 0.447. The smallest absolute Gasteiger partial charge is 0.414 e. The minimum Gasteiger partial charge on any atom is -0.493 e. The maximum atomic E-state index is 9.10. The highest BCUT2D eigenvalue weighted by Gasteiger charge is 2.11. The van der Waals surface area contributed by atoms with E-state index in [0.29, 0.717) is 0 Å². The molecule has 2 aromatic heterocycles. The number of nitrogens with one attached hydrogen (secondary N) is 1. The van der Waals surface area contributed by atoms with Crippen LogP contribution in [0.2, 0.25) is 0 Å². The first-order chi connectivity index (χ1) is 14.7. The molecule has 1 aromatic carbocycles. The van der Waals surface area contributed by atoms with Crippen LogP contribution in [-0.4, -0.2) is 52.9 Å². The van der Waals surface area contributed by atoms with Gasteiger partial charge in [0.25, 0.3) is 0 Å². The number of aromatic nitrogens is 2. The highest BCUT2D eigenvalue weighted by molar-refractivity contribution is 7.16. The Morgan fingerprint density at radius 2 is 1.74 bits per heavy atom. The molecule has 0 aliphatic carbocycles. The summed E-state index contributed by atoms with van der Waals surface area (Å²) in [5, 5.41) is 22.3. The molecule has 9 nitrogen and oxygen atoms in total. The van der Waals surface area contributed by atoms with Crippen molar-refractivity contribution < 1.29 is 29.3 Å². The van der Waals surface area contributed by atoms with Crippen molar-refractivity contribution in [1.82, 2.24) is 9.97 Å². The van der Waals surface area contributed by atoms with E-state index in [-0.39, 0.29) is 0 Å². The summed E-state index contributed by atoms with van der Waals surface area (Å²) < 4.78 is 10.6. The van der Waals surface area contributed by atoms with Gasteiger partial charge in [0.15, 0.2) is 16.6 Å². The van der Waals surface area contributed by atoms with Crippen molar-refractivity contribution in [2.24, 2.45) is 0 Å². The highest BCUT2D eigenvalue weighted by atomic mass is 32.1. The fraction of sp³-hybridized carbons (Fsp3) is 0.300. The highest BCUT2D eigenvalue weighted by Crippen LogP contribution is 2.32. The average Bonchev–Trinajstić information content (AvgIpc) is 3.33. The summed E-state index contributed by atoms with van der Waals surface area (Å²) in [5.74, 6) is -2.14. The minimum absolute atomic E-state index is 0.749. The van der Waals surface area contributed by atoms with Gasteiger partial charge in [-0.05, 0) is 38.0 Å². The van der Waals surface area contributed by atoms with Crippen molar-refractivity contribution in [1.29, 1.82) is 0 Å². The van der Waals surface area contributed by atoms with E-state index in [2.05, 4.69) is 26.7 Å². The van der Waals surface area contributed by atoms with Crippen LogP contribution >= 0.6 is 22.7 Å². The number of rotatable bonds is 7. The maximum absolute atomic E-state index is 9.10. The molecule has 0 radical (unpaired) electrons. The van der Waals surface area contributed by atoms with E-state index < -0.39 is 11.9 Å². The molecule has 0 atom stereocenters. The summed E-state index contributed by atoms with van der Waals surface area (Å²) in [7, 11) is 3.30. The largest absolute Gasteiger partial charge is 0.493 e. The Balaban J connectivity index is 0.000000501. The van der Waals surface area contributed by atoms with Gasteiger partial charge in [0.2, 0.25) is 0 Å². The number of aryl methyl sites for hydroxylation is 2. The van der Waals surface area contributed by atoms with E-state index in [4.69, 9.17) is 29.3 Å². The van der Waals surface area contributed by atoms with Gasteiger partial charge in [-0.15, -0.1) is 22.7 Å². The molecule has 0 bridgehead atoms. The third-order valence-electron chi connectivity index (χ3n) is 3.96. The van der Waals surface area contributed by atoms with E-state index in [0.717, 1.165) is 50.9 Å². The zero-order valence-electron chi connectivity index (χ0n) is 17.5. The molecule has 3 aromatic rings. The minimum atomic E-state index is -1.82. The van der Waals surface area contributed by atoms with E-state index in [9.17, 15) is 0 Å². The van der Waals surface area contributed by atoms with Crippen LogP contribution in [-0.2, 0) is 16.0 Å². The Bertz CT molecular complexity index is 1040. The number of aliphatic carboxylic acids is 2. The molecule has 166 valence electrons. The van der Waals surface area contributed by atoms with Crippen LogP contribution in [0.5, 0.6) is 11.5 Å². The SMILES string of the molecule is COc1ccc(CCNc2nc(-c3sc(C)nc3C)cs2)cc1OC.O=C(O)C(=O)O. The molecule has 0 spiro atoms. The number of carboxylic acids is 2. The maximum Gasteiger partial charge on any atom is 0.414 e. The molecule has 0 aliphatic rings. The van der Waals surface area contributed by atoms with Crippen molar-refractivity contribution in [2.45, 2.75) is 20.3 Å². The molecule has 2 heterocycles. The number of hydrogen-bond acceptors (Lipinski definition) is 9. The lowest BCUT2D eigenvalue weighted by molar-refractivity contribution is -0.159. The molecular weight excluding hydrogens is 442 g/mol. The third-order valence-corrected chi connectivity index (χ3v) is 5.86. The molecule has 31 heavy (non-hydrogen) atoms. The predicted octanol–water partition coefficient (Wildman–Crippen LogP) is 3.71. The second kappa shape index (κ2) is 11.3. The van der Waals surface area contributed by atoms with Crippen LogP contribution in [0.4, 0.5) is 5.13 Å². The van der Waals surface area contributed by atoms with Gasteiger partial charge in [-0.25, -0.2) is 19.6 Å². The standard InChI is InChI=1S/C18H21N3O2S2.C2H2O4/c1-11-17(25-12(2)20-11)14-10-24-18(21-14)19-8-7-13-5-6-15(22-3)16(9-13)23-4;3-1(4)2(5)6/h5-6,9-10H,7-8H2,1-4H3,(H,19,21);(H,3,4)(H,5,6). The molecule has 0 saturated heterocycles. The number of hydrogen-bond donors (Lipinski definition) is 3. The van der Waals surface area contributed by atoms with Gasteiger partial charge in [-0.3, -0.25) is 0 Å². The van der Waals surface area contributed by atoms with Crippen molar-refractivity contribution in [3.63, 3.8) is 0 Å². The summed E-state index contributed by atoms with van der Waals surface area (Å²) in [6.45, 7) is 4.86. The third kappa shape index (κ3) is 6.93. The Morgan fingerprint density at radius 3 is 2.29 bits per heavy atom. The van der Waals surface area contributed by atoms with E-state index in [1.807, 2.05) is 26.0 Å². The first-order valence-electron chi connectivity index (χ1n) is 9.06. The lowest BCUT2D eigenvalue weighted by Crippen LogP contribution is -2.09. The summed E-state index contributed by atoms with van der Waals surface area (Å²) in [5.41, 5.74) is 3.24. The zero-order chi connectivity index (χ0) is 23.0. The van der Waals surface area contributed by atoms with Crippen LogP contribution in [0, 0.1) is 13.8 Å². The van der Waals surface area contributed by atoms with Crippen LogP contribution in [0.3, 0.4) is 0 Å². The number of benzene rings is 1. The zero-order valence-corrected chi connectivity index (χ0v) is 19.1. The van der Waals surface area contributed by atoms with Gasteiger partial charge in [0.1, 0.15) is 0 Å². The van der Waals surface area contributed by atoms with Crippen molar-refractivity contribution >= 4 is 39.7 Å². The van der Waals surface area contributed by atoms with Crippen molar-refractivity contribution in [2.75, 3.05) is 26.1 Å². The van der Waals surface area contributed by atoms with Crippen LogP contribution in [0.15, 0.2) is 23.6 Å². The van der Waals surface area contributed by atoms with Gasteiger partial charge in [0, 0.05) is 11.9 Å². The van der Waals surface area contributed by atoms with E-state index in [1.54, 1.807) is 36.9 Å². The molecule has 0 saturated carbocycles. The summed E-state index contributed by atoms with van der Waals surface area (Å²) >= 11 is 3.31. The lowest BCUT2D eigenvalue weighted by atomic mass is 10.1. The summed E-state index contributed by atoms with van der Waals surface area (Å²) in [6, 6.07) is 6.00. The van der Waals surface area contributed by atoms with E-state index >= 15 is 0 Å². The molecule has 3 N–H and O–H groups in total. The fourth-order valence-corrected chi connectivity index (χ4v) is 4.26. The van der Waals surface area contributed by atoms with Gasteiger partial charge in [-0.2, -0.15) is 0 Å². The molecule has 0 amide bonds. The molecule has 3 rings (SSSR count). The first-order valence-corrected chi connectivity index (χ1v) is 10.8. The number of anilines is 1. The summed E-state index contributed by atoms with van der Waals surface area (Å²) in [4.78, 5) is 28.5. The van der Waals surface area contributed by atoms with Crippen LogP contribution in [0.25, 0.3) is 10.6 Å². The Labute approximate surface area is 187 Å². The normalized spacial score (nSPS) is 10.1. The van der Waals surface area contributed by atoms with Crippen LogP contribution < -0.4 is 14.8 Å². The van der Waals surface area contributed by atoms with E-state index in [1.165, 1.54) is 5.56 Å². The lowest BCUT2D eigenvalue weighted by Gasteiger charge is -2.09. The predicted molar refractivity (Wildman–Crippen MR) is 120 cm³/mol. The number of methoxy groups -OCH3 is 2. The topological polar surface area (TPSA) is 131 Å². The number of ether oxygens (including phenoxy) is 2. The Morgan fingerprint density at radius 1 is 1.06 bits per heavy atom. The van der Waals surface area contributed by atoms with Gasteiger partial charge in [0.05, 0.1) is 35.5 Å². The fourth-order valence-electron chi connectivity index (χ4n) is 2.58. The molecule has 0 aliphatic heterocycles. The average molecular weight is 466 g/mol. The number of carbonyl (C=O) groups is 2. The number of carboxylic acid groups (broad SMARTS) is 2. The Kier molecular flexibility index (Phi) is 8.76. The van der Waals surface area contributed by atoms with Gasteiger partial charge >= 0.3 is 11.9 Å². The monoisotopic (exact) mass is 465 g/mol. The van der Waals surface area contributed by atoms with Crippen LogP contribution in [0.1, 0.15) is 16.3 Å². The molecule has 0 fully saturated rings. The second-order valence-electron chi connectivity index (χ2n) is 6.16. The van der Waals surface area contributed by atoms with Gasteiger partial charge in [-0.1, -0.05) is 6.07 Å². The van der Waals surface area contributed by atoms with Crippen molar-refractivity contribution in [3.05, 3.63) is 39.8 Å². The Hall–Kier alpha value is -3.18. The van der Waals surface area contributed by atoms with Crippen molar-refractivity contribution in [3.8, 4) is 22.1 Å². The number of thiazole rings is 2. The molecule has 11 heteroatoms.